The fraction of sp³-hybridized carbons (Fsp3) is 0.0909. The lowest BCUT2D eigenvalue weighted by atomic mass is 10.4. The van der Waals surface area contributed by atoms with Crippen molar-refractivity contribution in [3.8, 4) is 5.75 Å². The predicted octanol–water partition coefficient (Wildman–Crippen LogP) is 2.45. The van der Waals surface area contributed by atoms with E-state index < -0.39 is 5.56 Å². The van der Waals surface area contributed by atoms with E-state index in [-0.39, 0.29) is 10.8 Å². The van der Waals surface area contributed by atoms with E-state index >= 15 is 0 Å². The first kappa shape index (κ1) is 12.9. The zero-order valence-electron chi connectivity index (χ0n) is 9.37. The summed E-state index contributed by atoms with van der Waals surface area (Å²) in [4.78, 5) is 17.2. The first-order valence-electron chi connectivity index (χ1n) is 4.96. The monoisotopic (exact) mass is 284 g/mol. The van der Waals surface area contributed by atoms with Crippen LogP contribution in [0.1, 0.15) is 0 Å². The lowest BCUT2D eigenvalue weighted by molar-refractivity contribution is -0.0783. The summed E-state index contributed by atoms with van der Waals surface area (Å²) < 4.78 is 6.04. The molecule has 0 radical (unpaired) electrons. The molecular weight excluding hydrogens is 276 g/mol. The molecule has 1 aromatic carbocycles. The van der Waals surface area contributed by atoms with Crippen molar-refractivity contribution in [1.82, 2.24) is 9.78 Å². The van der Waals surface area contributed by atoms with Gasteiger partial charge in [-0.05, 0) is 12.1 Å². The van der Waals surface area contributed by atoms with Gasteiger partial charge in [-0.2, -0.15) is 5.10 Å². The van der Waals surface area contributed by atoms with Gasteiger partial charge in [-0.3, -0.25) is 4.79 Å². The molecule has 0 spiro atoms. The third-order valence-electron chi connectivity index (χ3n) is 2.04. The van der Waals surface area contributed by atoms with Crippen LogP contribution in [0.4, 0.5) is 0 Å². The van der Waals surface area contributed by atoms with Crippen molar-refractivity contribution >= 4 is 23.6 Å². The number of aromatic nitrogens is 2. The second kappa shape index (κ2) is 5.90. The molecule has 1 aromatic heterocycles. The third-order valence-corrected chi connectivity index (χ3v) is 2.99. The molecule has 0 fully saturated rings. The lowest BCUT2D eigenvalue weighted by Gasteiger charge is -2.05. The molecule has 94 valence electrons. The first-order chi connectivity index (χ1) is 8.68. The quantitative estimate of drug-likeness (QED) is 0.490. The summed E-state index contributed by atoms with van der Waals surface area (Å²) in [6.07, 6.45) is 1.31. The number of hydrogen-bond donors (Lipinski definition) is 0. The van der Waals surface area contributed by atoms with E-state index in [1.54, 1.807) is 0 Å². The fourth-order valence-corrected chi connectivity index (χ4v) is 1.78. The highest BCUT2D eigenvalue weighted by atomic mass is 35.5. The van der Waals surface area contributed by atoms with Gasteiger partial charge >= 0.3 is 0 Å². The summed E-state index contributed by atoms with van der Waals surface area (Å²) in [5, 5.41) is 3.70. The molecule has 18 heavy (non-hydrogen) atoms. The van der Waals surface area contributed by atoms with Crippen LogP contribution in [0.3, 0.4) is 0 Å². The van der Waals surface area contributed by atoms with E-state index in [0.717, 1.165) is 21.6 Å². The summed E-state index contributed by atoms with van der Waals surface area (Å²) in [5.41, 5.74) is -0.442. The molecule has 0 N–H and O–H groups in total. The van der Waals surface area contributed by atoms with Gasteiger partial charge in [0.25, 0.3) is 5.56 Å². The average molecular weight is 285 g/mol. The minimum Gasteiger partial charge on any atom is -0.321 e. The molecule has 0 unspecified atom stereocenters. The molecule has 0 amide bonds. The van der Waals surface area contributed by atoms with Crippen LogP contribution in [0.25, 0.3) is 0 Å². The van der Waals surface area contributed by atoms with E-state index in [9.17, 15) is 4.79 Å². The smallest absolute Gasteiger partial charge is 0.289 e. The molecular formula is C11H9ClN2O3S. The van der Waals surface area contributed by atoms with Crippen LogP contribution in [0, 0.1) is 0 Å². The first-order valence-corrected chi connectivity index (χ1v) is 6.08. The normalized spacial score (nSPS) is 10.3. The Labute approximate surface area is 112 Å². The van der Waals surface area contributed by atoms with Gasteiger partial charge in [0.1, 0.15) is 0 Å². The Balaban J connectivity index is 1.99. The largest absolute Gasteiger partial charge is 0.321 e. The topological polar surface area (TPSA) is 53.4 Å². The van der Waals surface area contributed by atoms with Crippen molar-refractivity contribution in [3.63, 3.8) is 0 Å². The minimum absolute atomic E-state index is 0.0684. The van der Waals surface area contributed by atoms with E-state index in [0.29, 0.717) is 0 Å². The fourth-order valence-electron chi connectivity index (χ4n) is 1.12. The summed E-state index contributed by atoms with van der Waals surface area (Å²) in [6, 6.07) is 9.36. The van der Waals surface area contributed by atoms with Crippen LogP contribution in [-0.2, 0) is 11.4 Å². The Morgan fingerprint density at radius 3 is 2.78 bits per heavy atom. The molecule has 0 aliphatic heterocycles. The Hall–Kier alpha value is -1.50. The molecule has 0 saturated carbocycles. The van der Waals surface area contributed by atoms with Crippen LogP contribution < -0.4 is 10.4 Å². The molecule has 0 saturated heterocycles. The number of hydrogen-bond acceptors (Lipinski definition) is 5. The van der Waals surface area contributed by atoms with Crippen LogP contribution >= 0.6 is 23.6 Å². The molecule has 1 heterocycles. The molecule has 2 aromatic rings. The second-order valence-electron chi connectivity index (χ2n) is 3.30. The second-order valence-corrected chi connectivity index (χ2v) is 4.45. The number of nitrogens with zero attached hydrogens (tertiary/aromatic N) is 2. The maximum atomic E-state index is 11.4. The van der Waals surface area contributed by atoms with E-state index in [1.165, 1.54) is 13.2 Å². The van der Waals surface area contributed by atoms with Crippen LogP contribution in [0.2, 0.25) is 5.02 Å². The highest BCUT2D eigenvalue weighted by Gasteiger charge is 2.09. The predicted molar refractivity (Wildman–Crippen MR) is 68.5 cm³/mol. The van der Waals surface area contributed by atoms with Crippen LogP contribution in [0.5, 0.6) is 5.75 Å². The zero-order chi connectivity index (χ0) is 13.0. The molecule has 2 rings (SSSR count). The van der Waals surface area contributed by atoms with Crippen molar-refractivity contribution in [2.24, 2.45) is 7.05 Å². The van der Waals surface area contributed by atoms with Crippen molar-refractivity contribution in [2.75, 3.05) is 0 Å². The molecule has 0 bridgehead atoms. The van der Waals surface area contributed by atoms with Gasteiger partial charge in [0, 0.05) is 11.9 Å². The maximum Gasteiger partial charge on any atom is 0.289 e. The van der Waals surface area contributed by atoms with Crippen molar-refractivity contribution in [1.29, 1.82) is 0 Å². The maximum absolute atomic E-state index is 11.4. The van der Waals surface area contributed by atoms with Gasteiger partial charge in [-0.1, -0.05) is 29.8 Å². The Morgan fingerprint density at radius 1 is 1.33 bits per heavy atom. The summed E-state index contributed by atoms with van der Waals surface area (Å²) >= 11 is 6.81. The summed E-state index contributed by atoms with van der Waals surface area (Å²) in [6.45, 7) is 0. The molecule has 5 nitrogen and oxygen atoms in total. The lowest BCUT2D eigenvalue weighted by Crippen LogP contribution is -2.20. The third kappa shape index (κ3) is 3.04. The van der Waals surface area contributed by atoms with Gasteiger partial charge in [-0.15, -0.1) is 4.33 Å². The van der Waals surface area contributed by atoms with Crippen molar-refractivity contribution < 1.29 is 9.22 Å². The molecule has 0 atom stereocenters. The van der Waals surface area contributed by atoms with Crippen LogP contribution in [0.15, 0.2) is 46.2 Å². The van der Waals surface area contributed by atoms with Gasteiger partial charge < -0.3 is 4.89 Å². The molecule has 0 aliphatic rings. The number of aryl methyl sites for hydroxylation is 1. The summed E-state index contributed by atoms with van der Waals surface area (Å²) in [7, 11) is 1.50. The molecule has 0 aliphatic carbocycles. The van der Waals surface area contributed by atoms with Gasteiger partial charge in [0.2, 0.25) is 5.75 Å². The van der Waals surface area contributed by atoms with E-state index in [2.05, 4.69) is 5.10 Å². The summed E-state index contributed by atoms with van der Waals surface area (Å²) in [5.74, 6) is 0.0863. The van der Waals surface area contributed by atoms with E-state index in [1.807, 2.05) is 30.3 Å². The highest BCUT2D eigenvalue weighted by molar-refractivity contribution is 7.94. The average Bonchev–Trinajstić information content (AvgIpc) is 2.40. The van der Waals surface area contributed by atoms with Crippen LogP contribution in [-0.4, -0.2) is 9.78 Å². The standard InChI is InChI=1S/C11H9ClN2O3S/c1-14-11(15)10(12)9(7-13-14)16-17-18-8-5-3-2-4-6-8/h2-7H,1H3. The SMILES string of the molecule is Cn1ncc(OOSc2ccccc2)c(Cl)c1=O. The Kier molecular flexibility index (Phi) is 4.24. The Bertz CT molecular complexity index is 589. The van der Waals surface area contributed by atoms with E-state index in [4.69, 9.17) is 20.8 Å². The minimum atomic E-state index is -0.442. The number of benzene rings is 1. The zero-order valence-corrected chi connectivity index (χ0v) is 10.9. The van der Waals surface area contributed by atoms with Gasteiger partial charge in [0.05, 0.1) is 18.2 Å². The van der Waals surface area contributed by atoms with Gasteiger partial charge in [-0.25, -0.2) is 4.68 Å². The number of rotatable bonds is 4. The Morgan fingerprint density at radius 2 is 2.06 bits per heavy atom. The van der Waals surface area contributed by atoms with Gasteiger partial charge in [0.15, 0.2) is 5.02 Å². The number of halogens is 1. The van der Waals surface area contributed by atoms with Crippen molar-refractivity contribution in [2.45, 2.75) is 4.90 Å². The molecule has 7 heteroatoms. The highest BCUT2D eigenvalue weighted by Crippen LogP contribution is 2.23. The van der Waals surface area contributed by atoms with Crippen molar-refractivity contribution in [3.05, 3.63) is 51.9 Å².